The molecule has 4 nitrogen and oxygen atoms in total. The molecule has 1 atom stereocenters. The molecule has 0 aromatic carbocycles. The van der Waals surface area contributed by atoms with E-state index < -0.39 is 0 Å². The fraction of sp³-hybridized carbons (Fsp3) is 0.333. The molecule has 2 N–H and O–H groups in total. The Hall–Kier alpha value is -1.04. The van der Waals surface area contributed by atoms with E-state index in [1.54, 1.807) is 17.5 Å². The van der Waals surface area contributed by atoms with Crippen molar-refractivity contribution in [3.05, 3.63) is 23.8 Å². The molecule has 1 fully saturated rings. The minimum Gasteiger partial charge on any atom is -0.370 e. The zero-order valence-corrected chi connectivity index (χ0v) is 12.6. The summed E-state index contributed by atoms with van der Waals surface area (Å²) in [5.74, 6) is -0.194. The maximum Gasteiger partial charge on any atom is 0.222 e. The Morgan fingerprint density at radius 2 is 2.26 bits per heavy atom. The van der Waals surface area contributed by atoms with Crippen LogP contribution < -0.4 is 10.6 Å². The predicted molar refractivity (Wildman–Crippen MR) is 83.6 cm³/mol. The lowest BCUT2D eigenvalue weighted by atomic mass is 10.1. The molecule has 0 radical (unpaired) electrons. The summed E-state index contributed by atoms with van der Waals surface area (Å²) in [5.41, 5.74) is 6.56. The zero-order chi connectivity index (χ0) is 11.8. The quantitative estimate of drug-likeness (QED) is 0.925. The van der Waals surface area contributed by atoms with E-state index in [0.717, 1.165) is 19.5 Å². The number of carbonyl (C=O) groups excluding carboxylic acids is 1. The molecular weight excluding hydrogens is 305 g/mol. The number of hydrogen-bond donors (Lipinski definition) is 1. The van der Waals surface area contributed by atoms with Crippen LogP contribution >= 0.6 is 36.2 Å². The number of amides is 1. The molecule has 7 heteroatoms. The molecule has 1 unspecified atom stereocenters. The highest BCUT2D eigenvalue weighted by molar-refractivity contribution is 7.17. The number of nitrogens with zero attached hydrogens (tertiary/aromatic N) is 2. The molecule has 1 amide bonds. The molecule has 0 saturated carbocycles. The standard InChI is InChI=1S/C12H13N3OS.2ClH/c13-12(16)8-2-4-15(6-8)10-7-17-11-5-14-3-1-9(10)11;;/h1,3,5,7-8H,2,4,6H2,(H2,13,16);2*1H. The number of primary amides is 1. The van der Waals surface area contributed by atoms with Crippen LogP contribution in [0.25, 0.3) is 10.1 Å². The van der Waals surface area contributed by atoms with Crippen molar-refractivity contribution in [1.82, 2.24) is 4.98 Å². The van der Waals surface area contributed by atoms with Crippen molar-refractivity contribution in [2.45, 2.75) is 6.42 Å². The van der Waals surface area contributed by atoms with Crippen LogP contribution in [0.4, 0.5) is 5.69 Å². The van der Waals surface area contributed by atoms with Gasteiger partial charge in [0.05, 0.1) is 16.3 Å². The molecule has 104 valence electrons. The number of hydrogen-bond acceptors (Lipinski definition) is 4. The Balaban J connectivity index is 0.000000902. The van der Waals surface area contributed by atoms with Crippen molar-refractivity contribution >= 4 is 57.8 Å². The minimum atomic E-state index is -0.186. The van der Waals surface area contributed by atoms with Crippen molar-refractivity contribution in [2.24, 2.45) is 11.7 Å². The van der Waals surface area contributed by atoms with E-state index in [2.05, 4.69) is 15.3 Å². The van der Waals surface area contributed by atoms with E-state index in [9.17, 15) is 4.79 Å². The Bertz CT molecular complexity index is 575. The van der Waals surface area contributed by atoms with Gasteiger partial charge >= 0.3 is 0 Å². The van der Waals surface area contributed by atoms with Gasteiger partial charge in [0.15, 0.2) is 0 Å². The van der Waals surface area contributed by atoms with Crippen LogP contribution in [0.2, 0.25) is 0 Å². The molecule has 0 bridgehead atoms. The third kappa shape index (κ3) is 2.94. The molecule has 1 aliphatic heterocycles. The second-order valence-corrected chi connectivity index (χ2v) is 5.24. The Labute approximate surface area is 127 Å². The second kappa shape index (κ2) is 6.41. The van der Waals surface area contributed by atoms with Crippen LogP contribution in [0.15, 0.2) is 23.8 Å². The van der Waals surface area contributed by atoms with Crippen molar-refractivity contribution in [2.75, 3.05) is 18.0 Å². The van der Waals surface area contributed by atoms with Gasteiger partial charge in [0.2, 0.25) is 5.91 Å². The van der Waals surface area contributed by atoms with Crippen molar-refractivity contribution in [3.63, 3.8) is 0 Å². The third-order valence-corrected chi connectivity index (χ3v) is 4.21. The summed E-state index contributed by atoms with van der Waals surface area (Å²) in [7, 11) is 0. The highest BCUT2D eigenvalue weighted by atomic mass is 35.5. The normalized spacial score (nSPS) is 17.9. The topological polar surface area (TPSA) is 59.2 Å². The molecule has 0 aliphatic carbocycles. The highest BCUT2D eigenvalue weighted by Crippen LogP contribution is 2.34. The van der Waals surface area contributed by atoms with E-state index in [1.807, 2.05) is 12.3 Å². The lowest BCUT2D eigenvalue weighted by Crippen LogP contribution is -2.27. The monoisotopic (exact) mass is 319 g/mol. The van der Waals surface area contributed by atoms with Crippen molar-refractivity contribution in [1.29, 1.82) is 0 Å². The van der Waals surface area contributed by atoms with Gasteiger partial charge in [-0.2, -0.15) is 0 Å². The van der Waals surface area contributed by atoms with Crippen LogP contribution in [0.5, 0.6) is 0 Å². The third-order valence-electron chi connectivity index (χ3n) is 3.29. The molecular formula is C12H15Cl2N3OS. The number of carbonyl (C=O) groups is 1. The average molecular weight is 320 g/mol. The SMILES string of the molecule is Cl.Cl.NC(=O)C1CCN(c2csc3cnccc23)C1. The summed E-state index contributed by atoms with van der Waals surface area (Å²) >= 11 is 1.69. The lowest BCUT2D eigenvalue weighted by Gasteiger charge is -2.16. The molecule has 1 aliphatic rings. The van der Waals surface area contributed by atoms with Crippen molar-refractivity contribution in [3.8, 4) is 0 Å². The largest absolute Gasteiger partial charge is 0.370 e. The van der Waals surface area contributed by atoms with Crippen LogP contribution in [0.1, 0.15) is 6.42 Å². The number of fused-ring (bicyclic) bond motifs is 1. The number of aromatic nitrogens is 1. The second-order valence-electron chi connectivity index (χ2n) is 4.33. The fourth-order valence-corrected chi connectivity index (χ4v) is 3.26. The number of rotatable bonds is 2. The number of nitrogens with two attached hydrogens (primary N) is 1. The van der Waals surface area contributed by atoms with Gasteiger partial charge in [0.25, 0.3) is 0 Å². The summed E-state index contributed by atoms with van der Waals surface area (Å²) < 4.78 is 1.19. The van der Waals surface area contributed by atoms with Gasteiger partial charge in [-0.25, -0.2) is 0 Å². The number of halogens is 2. The van der Waals surface area contributed by atoms with E-state index in [4.69, 9.17) is 5.73 Å². The molecule has 0 spiro atoms. The number of pyridine rings is 1. The molecule has 2 aromatic rings. The first-order valence-corrected chi connectivity index (χ1v) is 6.49. The van der Waals surface area contributed by atoms with Gasteiger partial charge in [0.1, 0.15) is 0 Å². The molecule has 3 rings (SSSR count). The summed E-state index contributed by atoms with van der Waals surface area (Å²) in [6, 6.07) is 2.03. The summed E-state index contributed by atoms with van der Waals surface area (Å²) in [4.78, 5) is 17.5. The van der Waals surface area contributed by atoms with Crippen LogP contribution in [-0.2, 0) is 4.79 Å². The van der Waals surface area contributed by atoms with E-state index in [-0.39, 0.29) is 36.6 Å². The zero-order valence-electron chi connectivity index (χ0n) is 10.1. The van der Waals surface area contributed by atoms with E-state index in [0.29, 0.717) is 0 Å². The van der Waals surface area contributed by atoms with Gasteiger partial charge in [-0.15, -0.1) is 36.2 Å². The smallest absolute Gasteiger partial charge is 0.222 e. The van der Waals surface area contributed by atoms with Gasteiger partial charge in [-0.1, -0.05) is 0 Å². The summed E-state index contributed by atoms with van der Waals surface area (Å²) in [5, 5.41) is 3.35. The highest BCUT2D eigenvalue weighted by Gasteiger charge is 2.27. The molecule has 3 heterocycles. The molecule has 2 aromatic heterocycles. The Morgan fingerprint density at radius 1 is 1.47 bits per heavy atom. The van der Waals surface area contributed by atoms with Gasteiger partial charge < -0.3 is 10.6 Å². The molecule has 19 heavy (non-hydrogen) atoms. The van der Waals surface area contributed by atoms with E-state index in [1.165, 1.54) is 15.8 Å². The maximum atomic E-state index is 11.2. The average Bonchev–Trinajstić information content (AvgIpc) is 2.95. The first-order chi connectivity index (χ1) is 8.25. The number of thiophene rings is 1. The van der Waals surface area contributed by atoms with E-state index >= 15 is 0 Å². The van der Waals surface area contributed by atoms with Crippen LogP contribution in [-0.4, -0.2) is 24.0 Å². The number of anilines is 1. The first kappa shape index (κ1) is 16.0. The predicted octanol–water partition coefficient (Wildman–Crippen LogP) is 2.45. The van der Waals surface area contributed by atoms with Crippen LogP contribution in [0.3, 0.4) is 0 Å². The summed E-state index contributed by atoms with van der Waals surface area (Å²) in [6.07, 6.45) is 4.54. The fourth-order valence-electron chi connectivity index (χ4n) is 2.32. The first-order valence-electron chi connectivity index (χ1n) is 5.61. The van der Waals surface area contributed by atoms with Gasteiger partial charge in [-0.05, 0) is 12.5 Å². The minimum absolute atomic E-state index is 0. The lowest BCUT2D eigenvalue weighted by molar-refractivity contribution is -0.121. The van der Waals surface area contributed by atoms with Crippen LogP contribution in [0, 0.1) is 5.92 Å². The van der Waals surface area contributed by atoms with Gasteiger partial charge in [0, 0.05) is 36.2 Å². The maximum absolute atomic E-state index is 11.2. The van der Waals surface area contributed by atoms with Gasteiger partial charge in [-0.3, -0.25) is 9.78 Å². The van der Waals surface area contributed by atoms with Crippen molar-refractivity contribution < 1.29 is 4.79 Å². The Morgan fingerprint density at radius 3 is 2.95 bits per heavy atom. The Kier molecular flexibility index (Phi) is 5.40. The summed E-state index contributed by atoms with van der Waals surface area (Å²) in [6.45, 7) is 1.64. The molecule has 1 saturated heterocycles.